The van der Waals surface area contributed by atoms with Crippen LogP contribution in [0.25, 0.3) is 0 Å². The van der Waals surface area contributed by atoms with Gasteiger partial charge in [-0.25, -0.2) is 0 Å². The maximum Gasteiger partial charge on any atom is 0.125 e. The van der Waals surface area contributed by atoms with Crippen molar-refractivity contribution in [2.75, 3.05) is 7.11 Å². The first-order valence-electron chi connectivity index (χ1n) is 7.15. The van der Waals surface area contributed by atoms with Gasteiger partial charge in [-0.2, -0.15) is 5.10 Å². The molecule has 0 aliphatic carbocycles. The van der Waals surface area contributed by atoms with Gasteiger partial charge in [0.1, 0.15) is 11.5 Å². The summed E-state index contributed by atoms with van der Waals surface area (Å²) in [6.07, 6.45) is 5.53. The minimum Gasteiger partial charge on any atom is -0.496 e. The van der Waals surface area contributed by atoms with Gasteiger partial charge in [-0.1, -0.05) is 18.2 Å². The molecule has 0 radical (unpaired) electrons. The number of para-hydroxylation sites is 1. The Bertz CT molecular complexity index is 719. The van der Waals surface area contributed by atoms with Gasteiger partial charge in [0.2, 0.25) is 0 Å². The Morgan fingerprint density at radius 3 is 2.82 bits per heavy atom. The molecule has 1 atom stereocenters. The smallest absolute Gasteiger partial charge is 0.125 e. The second kappa shape index (κ2) is 6.49. The molecule has 0 unspecified atom stereocenters. The summed E-state index contributed by atoms with van der Waals surface area (Å²) in [6.45, 7) is 0.692. The molecular formula is C17H19N3O2. The third-order valence-corrected chi connectivity index (χ3v) is 3.55. The van der Waals surface area contributed by atoms with Crippen molar-refractivity contribution in [3.05, 3.63) is 71.9 Å². The van der Waals surface area contributed by atoms with E-state index in [0.717, 1.165) is 22.6 Å². The number of aryl methyl sites for hydroxylation is 1. The van der Waals surface area contributed by atoms with Gasteiger partial charge >= 0.3 is 0 Å². The highest BCUT2D eigenvalue weighted by atomic mass is 16.5. The zero-order chi connectivity index (χ0) is 15.4. The fourth-order valence-corrected chi connectivity index (χ4v) is 2.51. The minimum atomic E-state index is -0.0774. The number of methoxy groups -OCH3 is 1. The SMILES string of the molecule is COc1ccccc1[C@H](NCc1cnn(C)c1)c1ccco1. The van der Waals surface area contributed by atoms with E-state index in [1.807, 2.05) is 55.8 Å². The Kier molecular flexibility index (Phi) is 4.25. The third-order valence-electron chi connectivity index (χ3n) is 3.55. The highest BCUT2D eigenvalue weighted by Gasteiger charge is 2.20. The van der Waals surface area contributed by atoms with Crippen LogP contribution in [0, 0.1) is 0 Å². The molecule has 5 nitrogen and oxygen atoms in total. The summed E-state index contributed by atoms with van der Waals surface area (Å²) >= 11 is 0. The van der Waals surface area contributed by atoms with E-state index in [-0.39, 0.29) is 6.04 Å². The maximum absolute atomic E-state index is 5.60. The number of nitrogens with zero attached hydrogens (tertiary/aromatic N) is 2. The fourth-order valence-electron chi connectivity index (χ4n) is 2.51. The molecule has 3 rings (SSSR count). The van der Waals surface area contributed by atoms with Gasteiger partial charge in [0, 0.05) is 30.9 Å². The first-order chi connectivity index (χ1) is 10.8. The Morgan fingerprint density at radius 2 is 2.14 bits per heavy atom. The van der Waals surface area contributed by atoms with Crippen LogP contribution >= 0.6 is 0 Å². The number of hydrogen-bond donors (Lipinski definition) is 1. The molecule has 5 heteroatoms. The molecule has 0 bridgehead atoms. The lowest BCUT2D eigenvalue weighted by molar-refractivity contribution is 0.392. The van der Waals surface area contributed by atoms with Gasteiger partial charge in [0.25, 0.3) is 0 Å². The molecule has 0 aliphatic heterocycles. The Labute approximate surface area is 129 Å². The number of benzene rings is 1. The Morgan fingerprint density at radius 1 is 1.27 bits per heavy atom. The number of aromatic nitrogens is 2. The first-order valence-corrected chi connectivity index (χ1v) is 7.15. The first kappa shape index (κ1) is 14.4. The molecule has 3 aromatic rings. The van der Waals surface area contributed by atoms with Crippen molar-refractivity contribution in [3.63, 3.8) is 0 Å². The van der Waals surface area contributed by atoms with E-state index in [1.165, 1.54) is 0 Å². The molecular weight excluding hydrogens is 278 g/mol. The lowest BCUT2D eigenvalue weighted by Gasteiger charge is -2.19. The molecule has 1 N–H and O–H groups in total. The number of hydrogen-bond acceptors (Lipinski definition) is 4. The topological polar surface area (TPSA) is 52.2 Å². The summed E-state index contributed by atoms with van der Waals surface area (Å²) in [5.41, 5.74) is 2.16. The monoisotopic (exact) mass is 297 g/mol. The molecule has 0 saturated heterocycles. The van der Waals surface area contributed by atoms with Crippen LogP contribution in [0.5, 0.6) is 5.75 Å². The van der Waals surface area contributed by atoms with Crippen LogP contribution in [0.2, 0.25) is 0 Å². The average Bonchev–Trinajstić information content (AvgIpc) is 3.20. The summed E-state index contributed by atoms with van der Waals surface area (Å²) in [5.74, 6) is 1.69. The molecule has 22 heavy (non-hydrogen) atoms. The molecule has 114 valence electrons. The largest absolute Gasteiger partial charge is 0.496 e. The zero-order valence-electron chi connectivity index (χ0n) is 12.7. The van der Waals surface area contributed by atoms with Crippen LogP contribution in [0.1, 0.15) is 22.9 Å². The predicted octanol–water partition coefficient (Wildman–Crippen LogP) is 2.90. The van der Waals surface area contributed by atoms with E-state index in [2.05, 4.69) is 10.4 Å². The summed E-state index contributed by atoms with van der Waals surface area (Å²) in [4.78, 5) is 0. The molecule has 2 heterocycles. The van der Waals surface area contributed by atoms with Crippen molar-refractivity contribution in [1.82, 2.24) is 15.1 Å². The van der Waals surface area contributed by atoms with Crippen LogP contribution < -0.4 is 10.1 Å². The fraction of sp³-hybridized carbons (Fsp3) is 0.235. The number of ether oxygens (including phenoxy) is 1. The second-order valence-electron chi connectivity index (χ2n) is 5.09. The summed E-state index contributed by atoms with van der Waals surface area (Å²) in [5, 5.41) is 7.71. The summed E-state index contributed by atoms with van der Waals surface area (Å²) in [7, 11) is 3.59. The van der Waals surface area contributed by atoms with Gasteiger partial charge in [-0.3, -0.25) is 10.00 Å². The molecule has 0 spiro atoms. The van der Waals surface area contributed by atoms with Crippen LogP contribution in [0.15, 0.2) is 59.5 Å². The maximum atomic E-state index is 5.60. The molecule has 1 aromatic carbocycles. The third kappa shape index (κ3) is 3.04. The second-order valence-corrected chi connectivity index (χ2v) is 5.09. The van der Waals surface area contributed by atoms with E-state index < -0.39 is 0 Å². The van der Waals surface area contributed by atoms with Crippen molar-refractivity contribution < 1.29 is 9.15 Å². The van der Waals surface area contributed by atoms with Crippen molar-refractivity contribution in [2.45, 2.75) is 12.6 Å². The lowest BCUT2D eigenvalue weighted by atomic mass is 10.0. The average molecular weight is 297 g/mol. The lowest BCUT2D eigenvalue weighted by Crippen LogP contribution is -2.22. The number of rotatable bonds is 6. The Hall–Kier alpha value is -2.53. The van der Waals surface area contributed by atoms with E-state index in [0.29, 0.717) is 6.54 Å². The van der Waals surface area contributed by atoms with Crippen molar-refractivity contribution in [3.8, 4) is 5.75 Å². The van der Waals surface area contributed by atoms with Gasteiger partial charge in [0.05, 0.1) is 25.6 Å². The van der Waals surface area contributed by atoms with Crippen LogP contribution in [0.4, 0.5) is 0 Å². The molecule has 0 aliphatic rings. The standard InChI is InChI=1S/C17H19N3O2/c1-20-12-13(11-19-20)10-18-17(16-8-5-9-22-16)14-6-3-4-7-15(14)21-2/h3-9,11-12,17-18H,10H2,1-2H3/t17-/m0/s1. The van der Waals surface area contributed by atoms with E-state index in [9.17, 15) is 0 Å². The molecule has 0 amide bonds. The number of furan rings is 1. The highest BCUT2D eigenvalue weighted by Crippen LogP contribution is 2.30. The zero-order valence-corrected chi connectivity index (χ0v) is 12.7. The quantitative estimate of drug-likeness (QED) is 0.760. The van der Waals surface area contributed by atoms with Gasteiger partial charge in [-0.15, -0.1) is 0 Å². The normalized spacial score (nSPS) is 12.3. The van der Waals surface area contributed by atoms with Crippen molar-refractivity contribution in [1.29, 1.82) is 0 Å². The van der Waals surface area contributed by atoms with Gasteiger partial charge < -0.3 is 9.15 Å². The van der Waals surface area contributed by atoms with Crippen molar-refractivity contribution in [2.24, 2.45) is 7.05 Å². The van der Waals surface area contributed by atoms with E-state index in [1.54, 1.807) is 18.1 Å². The van der Waals surface area contributed by atoms with E-state index in [4.69, 9.17) is 9.15 Å². The molecule has 0 fully saturated rings. The number of nitrogens with one attached hydrogen (secondary N) is 1. The van der Waals surface area contributed by atoms with Gasteiger partial charge in [0.15, 0.2) is 0 Å². The molecule has 2 aromatic heterocycles. The predicted molar refractivity (Wildman–Crippen MR) is 83.6 cm³/mol. The summed E-state index contributed by atoms with van der Waals surface area (Å²) < 4.78 is 12.9. The minimum absolute atomic E-state index is 0.0774. The van der Waals surface area contributed by atoms with E-state index >= 15 is 0 Å². The van der Waals surface area contributed by atoms with Crippen LogP contribution in [-0.4, -0.2) is 16.9 Å². The van der Waals surface area contributed by atoms with Gasteiger partial charge in [-0.05, 0) is 18.2 Å². The highest BCUT2D eigenvalue weighted by molar-refractivity contribution is 5.39. The summed E-state index contributed by atoms with van der Waals surface area (Å²) in [6, 6.07) is 11.7. The Balaban J connectivity index is 1.87. The molecule has 0 saturated carbocycles. The van der Waals surface area contributed by atoms with Crippen molar-refractivity contribution >= 4 is 0 Å². The van der Waals surface area contributed by atoms with Crippen LogP contribution in [-0.2, 0) is 13.6 Å². The van der Waals surface area contributed by atoms with Crippen LogP contribution in [0.3, 0.4) is 0 Å².